The molecule has 2 heteroatoms. The molecule has 2 bridgehead atoms. The standard InChI is InChI=1S/C17H25NO/c1-2-12-6-7-13(19-12)10-18-17-9-11-8-16(17)15-5-3-4-14(11)15/h6-7,11,14-18H,2-5,8-10H2,1H3. The topological polar surface area (TPSA) is 25.2 Å². The van der Waals surface area contributed by atoms with E-state index < -0.39 is 0 Å². The number of aryl methyl sites for hydroxylation is 1. The lowest BCUT2D eigenvalue weighted by atomic mass is 9.79. The number of nitrogens with one attached hydrogen (secondary N) is 1. The van der Waals surface area contributed by atoms with Crippen molar-refractivity contribution in [2.24, 2.45) is 23.7 Å². The van der Waals surface area contributed by atoms with Crippen LogP contribution in [0.3, 0.4) is 0 Å². The molecule has 1 N–H and O–H groups in total. The number of hydrogen-bond acceptors (Lipinski definition) is 2. The molecule has 5 atom stereocenters. The van der Waals surface area contributed by atoms with E-state index in [-0.39, 0.29) is 0 Å². The smallest absolute Gasteiger partial charge is 0.117 e. The first kappa shape index (κ1) is 12.0. The summed E-state index contributed by atoms with van der Waals surface area (Å²) in [6, 6.07) is 5.02. The van der Waals surface area contributed by atoms with E-state index in [0.29, 0.717) is 0 Å². The van der Waals surface area contributed by atoms with Gasteiger partial charge in [0.05, 0.1) is 6.54 Å². The lowest BCUT2D eigenvalue weighted by Crippen LogP contribution is -2.38. The second-order valence-electron chi connectivity index (χ2n) is 6.86. The molecule has 1 aromatic rings. The van der Waals surface area contributed by atoms with Crippen molar-refractivity contribution in [3.05, 3.63) is 23.7 Å². The maximum absolute atomic E-state index is 5.80. The van der Waals surface area contributed by atoms with Crippen LogP contribution >= 0.6 is 0 Å². The van der Waals surface area contributed by atoms with Crippen molar-refractivity contribution in [1.29, 1.82) is 0 Å². The second kappa shape index (κ2) is 4.66. The normalized spacial score (nSPS) is 39.9. The summed E-state index contributed by atoms with van der Waals surface area (Å²) in [6.45, 7) is 3.07. The molecule has 0 aliphatic heterocycles. The average Bonchev–Trinajstić information content (AvgIpc) is 3.16. The van der Waals surface area contributed by atoms with Crippen LogP contribution in [-0.4, -0.2) is 6.04 Å². The zero-order valence-electron chi connectivity index (χ0n) is 11.9. The molecule has 3 fully saturated rings. The maximum atomic E-state index is 5.80. The first-order valence-corrected chi connectivity index (χ1v) is 8.16. The fourth-order valence-electron chi connectivity index (χ4n) is 5.24. The fourth-order valence-corrected chi connectivity index (χ4v) is 5.24. The number of rotatable bonds is 4. The third kappa shape index (κ3) is 1.96. The van der Waals surface area contributed by atoms with Gasteiger partial charge in [-0.15, -0.1) is 0 Å². The van der Waals surface area contributed by atoms with Gasteiger partial charge in [-0.25, -0.2) is 0 Å². The number of fused-ring (bicyclic) bond motifs is 5. The molecule has 3 aliphatic rings. The Hall–Kier alpha value is -0.760. The predicted octanol–water partition coefficient (Wildman–Crippen LogP) is 3.76. The Kier molecular flexibility index (Phi) is 2.95. The van der Waals surface area contributed by atoms with E-state index in [4.69, 9.17) is 4.42 Å². The highest BCUT2D eigenvalue weighted by atomic mass is 16.3. The Bertz CT molecular complexity index is 452. The Labute approximate surface area is 116 Å². The quantitative estimate of drug-likeness (QED) is 0.890. The molecule has 0 amide bonds. The molecule has 0 aromatic carbocycles. The van der Waals surface area contributed by atoms with Crippen LogP contribution in [0.2, 0.25) is 0 Å². The summed E-state index contributed by atoms with van der Waals surface area (Å²) in [4.78, 5) is 0. The monoisotopic (exact) mass is 259 g/mol. The lowest BCUT2D eigenvalue weighted by molar-refractivity contribution is 0.205. The summed E-state index contributed by atoms with van der Waals surface area (Å²) in [5.41, 5.74) is 0. The number of furan rings is 1. The molecule has 1 aromatic heterocycles. The van der Waals surface area contributed by atoms with Crippen LogP contribution in [0.25, 0.3) is 0 Å². The van der Waals surface area contributed by atoms with Crippen molar-refractivity contribution < 1.29 is 4.42 Å². The first-order chi connectivity index (χ1) is 9.35. The van der Waals surface area contributed by atoms with E-state index in [1.165, 1.54) is 32.1 Å². The highest BCUT2D eigenvalue weighted by Crippen LogP contribution is 2.58. The van der Waals surface area contributed by atoms with Gasteiger partial charge in [0.25, 0.3) is 0 Å². The van der Waals surface area contributed by atoms with Crippen molar-refractivity contribution >= 4 is 0 Å². The summed E-state index contributed by atoms with van der Waals surface area (Å²) in [5.74, 6) is 6.39. The predicted molar refractivity (Wildman–Crippen MR) is 75.8 cm³/mol. The van der Waals surface area contributed by atoms with Crippen LogP contribution in [0.5, 0.6) is 0 Å². The summed E-state index contributed by atoms with van der Waals surface area (Å²) < 4.78 is 5.80. The lowest BCUT2D eigenvalue weighted by Gasteiger charge is -2.32. The third-order valence-electron chi connectivity index (χ3n) is 6.03. The Balaban J connectivity index is 1.37. The van der Waals surface area contributed by atoms with E-state index >= 15 is 0 Å². The van der Waals surface area contributed by atoms with Crippen LogP contribution in [0.4, 0.5) is 0 Å². The van der Waals surface area contributed by atoms with Crippen molar-refractivity contribution in [3.63, 3.8) is 0 Å². The molecular formula is C17H25NO. The van der Waals surface area contributed by atoms with E-state index in [1.807, 2.05) is 0 Å². The molecule has 104 valence electrons. The van der Waals surface area contributed by atoms with Gasteiger partial charge in [-0.1, -0.05) is 13.3 Å². The van der Waals surface area contributed by atoms with Crippen molar-refractivity contribution in [2.75, 3.05) is 0 Å². The third-order valence-corrected chi connectivity index (χ3v) is 6.03. The van der Waals surface area contributed by atoms with Crippen LogP contribution in [0.15, 0.2) is 16.5 Å². The van der Waals surface area contributed by atoms with Gasteiger partial charge in [0, 0.05) is 12.5 Å². The second-order valence-corrected chi connectivity index (χ2v) is 6.86. The molecule has 0 radical (unpaired) electrons. The zero-order valence-corrected chi connectivity index (χ0v) is 11.9. The van der Waals surface area contributed by atoms with Crippen molar-refractivity contribution in [2.45, 2.75) is 58.0 Å². The molecule has 19 heavy (non-hydrogen) atoms. The van der Waals surface area contributed by atoms with Gasteiger partial charge in [0.1, 0.15) is 11.5 Å². The fraction of sp³-hybridized carbons (Fsp3) is 0.765. The van der Waals surface area contributed by atoms with Gasteiger partial charge < -0.3 is 9.73 Å². The molecule has 0 saturated heterocycles. The van der Waals surface area contributed by atoms with Crippen LogP contribution in [0.1, 0.15) is 50.5 Å². The summed E-state index contributed by atoms with van der Waals surface area (Å²) in [5, 5.41) is 3.79. The van der Waals surface area contributed by atoms with Gasteiger partial charge in [-0.3, -0.25) is 0 Å². The average molecular weight is 259 g/mol. The SMILES string of the molecule is CCc1ccc(CNC2CC3CC2C2CCCC32)o1. The van der Waals surface area contributed by atoms with E-state index in [0.717, 1.165) is 54.2 Å². The summed E-state index contributed by atoms with van der Waals surface area (Å²) in [6.07, 6.45) is 8.45. The van der Waals surface area contributed by atoms with E-state index in [9.17, 15) is 0 Å². The van der Waals surface area contributed by atoms with Crippen LogP contribution < -0.4 is 5.32 Å². The first-order valence-electron chi connectivity index (χ1n) is 8.16. The molecule has 1 heterocycles. The van der Waals surface area contributed by atoms with E-state index in [2.05, 4.69) is 24.4 Å². The minimum absolute atomic E-state index is 0.763. The Morgan fingerprint density at radius 3 is 2.79 bits per heavy atom. The van der Waals surface area contributed by atoms with Crippen molar-refractivity contribution in [1.82, 2.24) is 5.32 Å². The van der Waals surface area contributed by atoms with Gasteiger partial charge in [-0.05, 0) is 61.5 Å². The largest absolute Gasteiger partial charge is 0.465 e. The maximum Gasteiger partial charge on any atom is 0.117 e. The Morgan fingerprint density at radius 1 is 1.11 bits per heavy atom. The molecule has 4 rings (SSSR count). The summed E-state index contributed by atoms with van der Waals surface area (Å²) >= 11 is 0. The molecule has 2 nitrogen and oxygen atoms in total. The van der Waals surface area contributed by atoms with Gasteiger partial charge in [0.2, 0.25) is 0 Å². The highest BCUT2D eigenvalue weighted by Gasteiger charge is 2.53. The zero-order chi connectivity index (χ0) is 12.8. The minimum atomic E-state index is 0.763. The van der Waals surface area contributed by atoms with Gasteiger partial charge in [0.15, 0.2) is 0 Å². The molecule has 5 unspecified atom stereocenters. The van der Waals surface area contributed by atoms with Crippen molar-refractivity contribution in [3.8, 4) is 0 Å². The molecule has 3 saturated carbocycles. The Morgan fingerprint density at radius 2 is 1.95 bits per heavy atom. The summed E-state index contributed by atoms with van der Waals surface area (Å²) in [7, 11) is 0. The molecule has 3 aliphatic carbocycles. The van der Waals surface area contributed by atoms with Crippen LogP contribution in [0, 0.1) is 23.7 Å². The minimum Gasteiger partial charge on any atom is -0.465 e. The molecular weight excluding hydrogens is 234 g/mol. The number of hydrogen-bond donors (Lipinski definition) is 1. The van der Waals surface area contributed by atoms with E-state index in [1.54, 1.807) is 0 Å². The van der Waals surface area contributed by atoms with Gasteiger partial charge >= 0.3 is 0 Å². The highest BCUT2D eigenvalue weighted by molar-refractivity contribution is 5.09. The van der Waals surface area contributed by atoms with Gasteiger partial charge in [-0.2, -0.15) is 0 Å². The molecule has 0 spiro atoms. The van der Waals surface area contributed by atoms with Crippen LogP contribution in [-0.2, 0) is 13.0 Å².